The largest absolute Gasteiger partial charge is 0.619 e. The van der Waals surface area contributed by atoms with Crippen molar-refractivity contribution in [3.63, 3.8) is 0 Å². The Balaban J connectivity index is 1.60. The van der Waals surface area contributed by atoms with Crippen LogP contribution in [0.2, 0.25) is 0 Å². The van der Waals surface area contributed by atoms with Crippen molar-refractivity contribution in [1.82, 2.24) is 9.88 Å². The van der Waals surface area contributed by atoms with E-state index in [1.165, 1.54) is 24.0 Å². The number of pyridine rings is 1. The molecule has 1 aromatic carbocycles. The molecule has 41 heavy (non-hydrogen) atoms. The van der Waals surface area contributed by atoms with Gasteiger partial charge in [0.05, 0.1) is 12.0 Å². The second-order valence-corrected chi connectivity index (χ2v) is 10.9. The van der Waals surface area contributed by atoms with Crippen LogP contribution in [-0.4, -0.2) is 52.5 Å². The Morgan fingerprint density at radius 1 is 1.22 bits per heavy atom. The van der Waals surface area contributed by atoms with Crippen LogP contribution < -0.4 is 9.63 Å². The van der Waals surface area contributed by atoms with E-state index in [9.17, 15) is 32.4 Å². The molecule has 1 saturated heterocycles. The summed E-state index contributed by atoms with van der Waals surface area (Å²) in [6.45, 7) is 5.93. The molecule has 0 bridgehead atoms. The molecule has 0 radical (unpaired) electrons. The topological polar surface area (TPSA) is 103 Å². The third kappa shape index (κ3) is 7.20. The molecule has 3 aromatic rings. The lowest BCUT2D eigenvalue weighted by Gasteiger charge is -2.41. The SMILES string of the molecule is CC(C(=O)N(C(=O)OC(C)(C)C)c1coc(Cc2cc(F)cc(F)c2)n1)N1CCC(F)(F)[C@@H](c2cc[n+]([O-])cc2)C1. The average molecular weight is 579 g/mol. The fourth-order valence-corrected chi connectivity index (χ4v) is 4.60. The Morgan fingerprint density at radius 2 is 1.85 bits per heavy atom. The number of halogens is 4. The Bertz CT molecular complexity index is 1390. The fourth-order valence-electron chi connectivity index (χ4n) is 4.60. The van der Waals surface area contributed by atoms with E-state index in [1.54, 1.807) is 20.8 Å². The molecule has 4 rings (SSSR count). The number of alkyl halides is 2. The maximum Gasteiger partial charge on any atom is 0.423 e. The molecule has 1 unspecified atom stereocenters. The molecule has 220 valence electrons. The number of likely N-dealkylation sites (tertiary alicyclic amines) is 1. The van der Waals surface area contributed by atoms with Crippen molar-refractivity contribution >= 4 is 17.8 Å². The molecule has 0 spiro atoms. The number of rotatable bonds is 6. The summed E-state index contributed by atoms with van der Waals surface area (Å²) in [5.74, 6) is -7.03. The van der Waals surface area contributed by atoms with Crippen molar-refractivity contribution in [3.05, 3.63) is 82.8 Å². The number of carbonyl (C=O) groups is 2. The van der Waals surface area contributed by atoms with Crippen molar-refractivity contribution < 1.29 is 41.0 Å². The van der Waals surface area contributed by atoms with Gasteiger partial charge >= 0.3 is 6.09 Å². The van der Waals surface area contributed by atoms with Crippen LogP contribution in [0.15, 0.2) is 53.4 Å². The molecule has 9 nitrogen and oxygen atoms in total. The molecule has 1 aliphatic heterocycles. The highest BCUT2D eigenvalue weighted by molar-refractivity contribution is 6.13. The van der Waals surface area contributed by atoms with Gasteiger partial charge < -0.3 is 14.4 Å². The van der Waals surface area contributed by atoms with Crippen LogP contribution in [-0.2, 0) is 16.0 Å². The Hall–Kier alpha value is -4.00. The van der Waals surface area contributed by atoms with E-state index < -0.39 is 53.5 Å². The van der Waals surface area contributed by atoms with Crippen LogP contribution in [0.25, 0.3) is 0 Å². The second kappa shape index (κ2) is 11.5. The number of aromatic nitrogens is 2. The number of nitrogens with zero attached hydrogens (tertiary/aromatic N) is 4. The number of hydrogen-bond donors (Lipinski definition) is 0. The Kier molecular flexibility index (Phi) is 8.39. The highest BCUT2D eigenvalue weighted by atomic mass is 19.3. The number of ether oxygens (including phenoxy) is 1. The monoisotopic (exact) mass is 578 g/mol. The third-order valence-electron chi connectivity index (χ3n) is 6.64. The molecule has 3 heterocycles. The number of oxazole rings is 1. The number of carbonyl (C=O) groups excluding carboxylic acids is 2. The van der Waals surface area contributed by atoms with E-state index in [0.717, 1.165) is 30.8 Å². The van der Waals surface area contributed by atoms with Gasteiger partial charge in [0.1, 0.15) is 23.5 Å². The predicted octanol–water partition coefficient (Wildman–Crippen LogP) is 4.96. The smallest absolute Gasteiger partial charge is 0.423 e. The van der Waals surface area contributed by atoms with Crippen LogP contribution in [0, 0.1) is 16.8 Å². The van der Waals surface area contributed by atoms with Crippen LogP contribution in [0.5, 0.6) is 0 Å². The summed E-state index contributed by atoms with van der Waals surface area (Å²) >= 11 is 0. The first-order valence-electron chi connectivity index (χ1n) is 12.9. The van der Waals surface area contributed by atoms with Crippen molar-refractivity contribution in [2.45, 2.75) is 64.0 Å². The number of hydrogen-bond acceptors (Lipinski definition) is 7. The van der Waals surface area contributed by atoms with Crippen LogP contribution in [0.1, 0.15) is 57.1 Å². The van der Waals surface area contributed by atoms with Gasteiger partial charge in [-0.15, -0.1) is 0 Å². The number of imide groups is 1. The van der Waals surface area contributed by atoms with Gasteiger partial charge in [-0.25, -0.2) is 22.4 Å². The summed E-state index contributed by atoms with van der Waals surface area (Å²) in [6, 6.07) is 4.47. The molecule has 0 N–H and O–H groups in total. The van der Waals surface area contributed by atoms with E-state index in [2.05, 4.69) is 4.98 Å². The first kappa shape index (κ1) is 30.0. The van der Waals surface area contributed by atoms with E-state index in [4.69, 9.17) is 9.15 Å². The molecule has 0 saturated carbocycles. The molecule has 0 aliphatic carbocycles. The summed E-state index contributed by atoms with van der Waals surface area (Å²) in [4.78, 5) is 33.3. The molecule has 2 atom stereocenters. The van der Waals surface area contributed by atoms with Gasteiger partial charge in [0.15, 0.2) is 24.1 Å². The van der Waals surface area contributed by atoms with Crippen molar-refractivity contribution in [3.8, 4) is 0 Å². The second-order valence-electron chi connectivity index (χ2n) is 10.9. The third-order valence-corrected chi connectivity index (χ3v) is 6.64. The van der Waals surface area contributed by atoms with Gasteiger partial charge in [-0.3, -0.25) is 9.69 Å². The lowest BCUT2D eigenvalue weighted by Crippen LogP contribution is -2.55. The highest BCUT2D eigenvalue weighted by Crippen LogP contribution is 2.40. The van der Waals surface area contributed by atoms with E-state index in [0.29, 0.717) is 15.7 Å². The highest BCUT2D eigenvalue weighted by Gasteiger charge is 2.47. The van der Waals surface area contributed by atoms with Gasteiger partial charge in [0.25, 0.3) is 11.8 Å². The van der Waals surface area contributed by atoms with Gasteiger partial charge in [-0.2, -0.15) is 14.6 Å². The summed E-state index contributed by atoms with van der Waals surface area (Å²) in [5, 5.41) is 11.4. The molecule has 2 aromatic heterocycles. The number of benzene rings is 1. The Morgan fingerprint density at radius 3 is 2.46 bits per heavy atom. The van der Waals surface area contributed by atoms with Crippen LogP contribution in [0.3, 0.4) is 0 Å². The lowest BCUT2D eigenvalue weighted by atomic mass is 9.87. The van der Waals surface area contributed by atoms with Gasteiger partial charge in [0.2, 0.25) is 0 Å². The summed E-state index contributed by atoms with van der Waals surface area (Å²) in [6.07, 6.45) is 1.55. The van der Waals surface area contributed by atoms with Gasteiger partial charge in [-0.1, -0.05) is 0 Å². The van der Waals surface area contributed by atoms with Crippen molar-refractivity contribution in [2.75, 3.05) is 18.0 Å². The summed E-state index contributed by atoms with van der Waals surface area (Å²) in [5.41, 5.74) is -0.539. The normalized spacial score (nSPS) is 18.1. The van der Waals surface area contributed by atoms with Crippen LogP contribution >= 0.6 is 0 Å². The minimum atomic E-state index is -3.09. The van der Waals surface area contributed by atoms with E-state index in [-0.39, 0.29) is 42.3 Å². The van der Waals surface area contributed by atoms with E-state index in [1.807, 2.05) is 0 Å². The zero-order valence-electron chi connectivity index (χ0n) is 22.9. The minimum Gasteiger partial charge on any atom is -0.619 e. The van der Waals surface area contributed by atoms with Gasteiger partial charge in [0, 0.05) is 44.1 Å². The number of amides is 2. The quantitative estimate of drug-likeness (QED) is 0.232. The predicted molar refractivity (Wildman–Crippen MR) is 138 cm³/mol. The molecular formula is C28H30F4N4O5. The standard InChI is InChI=1S/C28H30F4N4O5/c1-17(34-10-7-28(31,32)22(15-34)19-5-8-35(39)9-6-19)25(37)36(26(38)41-27(2,3)4)23-16-40-24(33-23)13-18-11-20(29)14-21(30)12-18/h5-6,8-9,11-12,14,16-17,22H,7,10,13,15H2,1-4H3/t17?,22-/m1/s1. The average Bonchev–Trinajstić information content (AvgIpc) is 3.30. The Labute approximate surface area is 233 Å². The molecule has 1 aliphatic rings. The zero-order chi connectivity index (χ0) is 30.1. The maximum atomic E-state index is 14.9. The maximum absolute atomic E-state index is 14.9. The molecule has 1 fully saturated rings. The first-order valence-corrected chi connectivity index (χ1v) is 12.9. The number of piperidine rings is 1. The number of anilines is 1. The van der Waals surface area contributed by atoms with Gasteiger partial charge in [-0.05, 0) is 51.0 Å². The molecule has 2 amide bonds. The van der Waals surface area contributed by atoms with Crippen LogP contribution in [0.4, 0.5) is 28.2 Å². The first-order chi connectivity index (χ1) is 19.1. The summed E-state index contributed by atoms with van der Waals surface area (Å²) < 4.78 is 68.4. The fraction of sp³-hybridized carbons (Fsp3) is 0.429. The molecular weight excluding hydrogens is 548 g/mol. The van der Waals surface area contributed by atoms with Crippen molar-refractivity contribution in [2.24, 2.45) is 0 Å². The lowest BCUT2D eigenvalue weighted by molar-refractivity contribution is -0.605. The summed E-state index contributed by atoms with van der Waals surface area (Å²) in [7, 11) is 0. The minimum absolute atomic E-state index is 0.0311. The molecule has 13 heteroatoms. The van der Waals surface area contributed by atoms with E-state index >= 15 is 0 Å². The van der Waals surface area contributed by atoms with Crippen molar-refractivity contribution in [1.29, 1.82) is 0 Å². The zero-order valence-corrected chi connectivity index (χ0v) is 22.9.